The van der Waals surface area contributed by atoms with Crippen molar-refractivity contribution in [2.75, 3.05) is 26.3 Å². The Hall–Kier alpha value is -2.36. The fraction of sp³-hybridized carbons (Fsp3) is 0.409. The van der Waals surface area contributed by atoms with Crippen LogP contribution in [0.15, 0.2) is 41.3 Å². The Morgan fingerprint density at radius 3 is 2.50 bits per heavy atom. The number of halogens is 2. The summed E-state index contributed by atoms with van der Waals surface area (Å²) in [6.45, 7) is 3.30. The lowest BCUT2D eigenvalue weighted by Gasteiger charge is -2.31. The van der Waals surface area contributed by atoms with Gasteiger partial charge in [0.1, 0.15) is 19.0 Å². The Bertz CT molecular complexity index is 1120. The zero-order valence-corrected chi connectivity index (χ0v) is 19.1. The van der Waals surface area contributed by atoms with Crippen LogP contribution in [0.4, 0.5) is 4.39 Å². The molecule has 0 unspecified atom stereocenters. The van der Waals surface area contributed by atoms with Crippen LogP contribution < -0.4 is 14.8 Å². The molecule has 1 saturated heterocycles. The molecule has 0 radical (unpaired) electrons. The van der Waals surface area contributed by atoms with Crippen molar-refractivity contribution in [2.24, 2.45) is 5.92 Å². The first kappa shape index (κ1) is 22.8. The minimum atomic E-state index is -3.80. The van der Waals surface area contributed by atoms with Gasteiger partial charge in [0.2, 0.25) is 15.9 Å². The number of fused-ring (bicyclic) bond motifs is 1. The molecule has 2 aliphatic rings. The van der Waals surface area contributed by atoms with E-state index in [1.807, 2.05) is 25.1 Å². The molecule has 0 aliphatic carbocycles. The Kier molecular flexibility index (Phi) is 6.60. The number of hydrogen-bond acceptors (Lipinski definition) is 5. The second kappa shape index (κ2) is 9.25. The predicted molar refractivity (Wildman–Crippen MR) is 117 cm³/mol. The minimum Gasteiger partial charge on any atom is -0.486 e. The molecule has 0 saturated carbocycles. The quantitative estimate of drug-likeness (QED) is 0.704. The van der Waals surface area contributed by atoms with Gasteiger partial charge in [-0.05, 0) is 55.7 Å². The Morgan fingerprint density at radius 1 is 1.12 bits per heavy atom. The number of carbonyl (C=O) groups excluding carboxylic acids is 1. The largest absolute Gasteiger partial charge is 0.486 e. The van der Waals surface area contributed by atoms with Crippen LogP contribution in [0.1, 0.15) is 31.4 Å². The van der Waals surface area contributed by atoms with E-state index in [-0.39, 0.29) is 40.9 Å². The van der Waals surface area contributed by atoms with Crippen molar-refractivity contribution < 1.29 is 27.1 Å². The topological polar surface area (TPSA) is 84.9 Å². The highest BCUT2D eigenvalue weighted by Crippen LogP contribution is 2.33. The van der Waals surface area contributed by atoms with Crippen molar-refractivity contribution in [1.29, 1.82) is 0 Å². The van der Waals surface area contributed by atoms with Gasteiger partial charge in [0, 0.05) is 19.0 Å². The maximum absolute atomic E-state index is 13.4. The minimum absolute atomic E-state index is 0.0565. The van der Waals surface area contributed by atoms with Crippen molar-refractivity contribution in [3.8, 4) is 11.5 Å². The molecule has 1 fully saturated rings. The summed E-state index contributed by atoms with van der Waals surface area (Å²) in [5.41, 5.74) is 0.899. The lowest BCUT2D eigenvalue weighted by molar-refractivity contribution is -0.126. The molecule has 2 heterocycles. The van der Waals surface area contributed by atoms with E-state index in [1.165, 1.54) is 10.4 Å². The van der Waals surface area contributed by atoms with E-state index in [1.54, 1.807) is 0 Å². The molecule has 1 amide bonds. The van der Waals surface area contributed by atoms with Gasteiger partial charge in [0.05, 0.1) is 16.0 Å². The predicted octanol–water partition coefficient (Wildman–Crippen LogP) is 3.53. The molecular weight excluding hydrogens is 459 g/mol. The molecular formula is C22H24ClFN2O5S. The van der Waals surface area contributed by atoms with E-state index < -0.39 is 15.8 Å². The molecule has 172 valence electrons. The number of rotatable bonds is 5. The van der Waals surface area contributed by atoms with Crippen LogP contribution in [-0.4, -0.2) is 44.9 Å². The Balaban J connectivity index is 1.35. The molecule has 1 atom stereocenters. The Morgan fingerprint density at radius 2 is 1.81 bits per heavy atom. The number of amides is 1. The number of carbonyl (C=O) groups is 1. The second-order valence-corrected chi connectivity index (χ2v) is 10.2. The van der Waals surface area contributed by atoms with E-state index in [0.717, 1.165) is 17.7 Å². The average Bonchev–Trinajstić information content (AvgIpc) is 2.80. The molecule has 0 aromatic heterocycles. The van der Waals surface area contributed by atoms with Gasteiger partial charge in [-0.3, -0.25) is 4.79 Å². The van der Waals surface area contributed by atoms with Crippen LogP contribution >= 0.6 is 11.6 Å². The summed E-state index contributed by atoms with van der Waals surface area (Å²) in [6.07, 6.45) is 0.793. The summed E-state index contributed by atoms with van der Waals surface area (Å²) < 4.78 is 51.5. The second-order valence-electron chi connectivity index (χ2n) is 7.89. The van der Waals surface area contributed by atoms with Crippen molar-refractivity contribution in [1.82, 2.24) is 9.62 Å². The number of ether oxygens (including phenoxy) is 2. The highest BCUT2D eigenvalue weighted by atomic mass is 35.5. The van der Waals surface area contributed by atoms with E-state index in [4.69, 9.17) is 21.1 Å². The summed E-state index contributed by atoms with van der Waals surface area (Å²) in [5, 5.41) is 2.77. The molecule has 2 aliphatic heterocycles. The third-order valence-electron chi connectivity index (χ3n) is 5.78. The van der Waals surface area contributed by atoms with Gasteiger partial charge in [-0.25, -0.2) is 12.8 Å². The number of hydrogen-bond donors (Lipinski definition) is 1. The lowest BCUT2D eigenvalue weighted by atomic mass is 9.96. The van der Waals surface area contributed by atoms with Crippen molar-refractivity contribution in [3.63, 3.8) is 0 Å². The zero-order chi connectivity index (χ0) is 22.9. The van der Waals surface area contributed by atoms with E-state index in [0.29, 0.717) is 37.6 Å². The van der Waals surface area contributed by atoms with E-state index in [9.17, 15) is 17.6 Å². The first-order valence-electron chi connectivity index (χ1n) is 10.4. The fourth-order valence-corrected chi connectivity index (χ4v) is 5.63. The maximum atomic E-state index is 13.4. The highest BCUT2D eigenvalue weighted by Gasteiger charge is 2.33. The average molecular weight is 483 g/mol. The fourth-order valence-electron chi connectivity index (χ4n) is 3.89. The first-order chi connectivity index (χ1) is 15.3. The summed E-state index contributed by atoms with van der Waals surface area (Å²) in [7, 11) is -3.80. The third-order valence-corrected chi connectivity index (χ3v) is 7.96. The molecule has 0 spiro atoms. The van der Waals surface area contributed by atoms with Crippen LogP contribution in [0.2, 0.25) is 5.02 Å². The standard InChI is InChI=1S/C22H24ClFN2O5S/c1-14(16-2-5-20-21(12-16)31-11-10-30-20)25-22(27)15-6-8-26(9-7-15)32(28,29)17-3-4-19(24)18(23)13-17/h2-5,12-15H,6-11H2,1H3,(H,25,27)/t14-/m0/s1. The van der Waals surface area contributed by atoms with Gasteiger partial charge >= 0.3 is 0 Å². The summed E-state index contributed by atoms with van der Waals surface area (Å²) in [4.78, 5) is 12.7. The van der Waals surface area contributed by atoms with Gasteiger partial charge in [0.25, 0.3) is 0 Å². The molecule has 4 rings (SSSR count). The molecule has 0 bridgehead atoms. The van der Waals surface area contributed by atoms with Crippen LogP contribution in [0.5, 0.6) is 11.5 Å². The number of nitrogens with zero attached hydrogens (tertiary/aromatic N) is 1. The van der Waals surface area contributed by atoms with Gasteiger partial charge in [-0.2, -0.15) is 4.31 Å². The van der Waals surface area contributed by atoms with Crippen LogP contribution in [0.3, 0.4) is 0 Å². The monoisotopic (exact) mass is 482 g/mol. The van der Waals surface area contributed by atoms with Gasteiger partial charge < -0.3 is 14.8 Å². The van der Waals surface area contributed by atoms with Crippen molar-refractivity contribution >= 4 is 27.5 Å². The van der Waals surface area contributed by atoms with Gasteiger partial charge in [-0.15, -0.1) is 0 Å². The molecule has 2 aromatic carbocycles. The van der Waals surface area contributed by atoms with E-state index in [2.05, 4.69) is 5.32 Å². The summed E-state index contributed by atoms with van der Waals surface area (Å²) in [6, 6.07) is 8.70. The van der Waals surface area contributed by atoms with E-state index >= 15 is 0 Å². The molecule has 32 heavy (non-hydrogen) atoms. The van der Waals surface area contributed by atoms with Crippen LogP contribution in [0, 0.1) is 11.7 Å². The number of sulfonamides is 1. The summed E-state index contributed by atoms with van der Waals surface area (Å²) in [5.74, 6) is 0.268. The molecule has 10 heteroatoms. The van der Waals surface area contributed by atoms with Crippen molar-refractivity contribution in [3.05, 3.63) is 52.8 Å². The van der Waals surface area contributed by atoms with Crippen LogP contribution in [-0.2, 0) is 14.8 Å². The molecule has 1 N–H and O–H groups in total. The van der Waals surface area contributed by atoms with Gasteiger partial charge in [-0.1, -0.05) is 17.7 Å². The number of piperidine rings is 1. The zero-order valence-electron chi connectivity index (χ0n) is 17.5. The molecule has 2 aromatic rings. The van der Waals surface area contributed by atoms with Crippen LogP contribution in [0.25, 0.3) is 0 Å². The maximum Gasteiger partial charge on any atom is 0.243 e. The summed E-state index contributed by atoms with van der Waals surface area (Å²) >= 11 is 5.74. The third kappa shape index (κ3) is 4.69. The highest BCUT2D eigenvalue weighted by molar-refractivity contribution is 7.89. The smallest absolute Gasteiger partial charge is 0.243 e. The lowest BCUT2D eigenvalue weighted by Crippen LogP contribution is -2.43. The molecule has 7 nitrogen and oxygen atoms in total. The van der Waals surface area contributed by atoms with Gasteiger partial charge in [0.15, 0.2) is 11.5 Å². The van der Waals surface area contributed by atoms with Crippen molar-refractivity contribution in [2.45, 2.75) is 30.7 Å². The normalized spacial score (nSPS) is 18.2. The first-order valence-corrected chi connectivity index (χ1v) is 12.2. The Labute approximate surface area is 191 Å². The number of nitrogens with one attached hydrogen (secondary N) is 1. The SMILES string of the molecule is C[C@H](NC(=O)C1CCN(S(=O)(=O)c2ccc(F)c(Cl)c2)CC1)c1ccc2c(c1)OCCO2. The number of benzene rings is 2.